The van der Waals surface area contributed by atoms with Gasteiger partial charge in [0.2, 0.25) is 10.9 Å². The van der Waals surface area contributed by atoms with Crippen molar-refractivity contribution in [1.29, 1.82) is 0 Å². The molecule has 21 heavy (non-hydrogen) atoms. The molecule has 6 nitrogen and oxygen atoms in total. The Kier molecular flexibility index (Phi) is 4.44. The van der Waals surface area contributed by atoms with Gasteiger partial charge in [0.15, 0.2) is 0 Å². The number of carbonyl (C=O) groups is 1. The van der Waals surface area contributed by atoms with Gasteiger partial charge < -0.3 is 9.52 Å². The third-order valence-corrected chi connectivity index (χ3v) is 4.74. The topological polar surface area (TPSA) is 87.8 Å². The van der Waals surface area contributed by atoms with Crippen LogP contribution in [-0.2, 0) is 16.6 Å². The number of carboxylic acid groups (broad SMARTS) is 1. The van der Waals surface area contributed by atoms with E-state index in [2.05, 4.69) is 0 Å². The summed E-state index contributed by atoms with van der Waals surface area (Å²) in [6.45, 7) is 2.16. The molecule has 0 unspecified atom stereocenters. The summed E-state index contributed by atoms with van der Waals surface area (Å²) in [7, 11) is -3.86. The number of rotatable bonds is 6. The van der Waals surface area contributed by atoms with Gasteiger partial charge in [-0.05, 0) is 17.7 Å². The third kappa shape index (κ3) is 3.32. The summed E-state index contributed by atoms with van der Waals surface area (Å²) >= 11 is 0. The van der Waals surface area contributed by atoms with Crippen LogP contribution in [0.5, 0.6) is 0 Å². The van der Waals surface area contributed by atoms with Crippen LogP contribution in [0.25, 0.3) is 0 Å². The second-order valence-electron chi connectivity index (χ2n) is 4.34. The molecular weight excluding hydrogens is 294 g/mol. The Morgan fingerprint density at radius 1 is 1.19 bits per heavy atom. The van der Waals surface area contributed by atoms with E-state index < -0.39 is 21.8 Å². The van der Waals surface area contributed by atoms with Crippen molar-refractivity contribution in [2.75, 3.05) is 6.54 Å². The van der Waals surface area contributed by atoms with Gasteiger partial charge in [-0.25, -0.2) is 13.2 Å². The zero-order chi connectivity index (χ0) is 15.5. The van der Waals surface area contributed by atoms with Crippen LogP contribution >= 0.6 is 0 Å². The smallest absolute Gasteiger partial charge is 0.371 e. The monoisotopic (exact) mass is 309 g/mol. The lowest BCUT2D eigenvalue weighted by atomic mass is 10.2. The van der Waals surface area contributed by atoms with Crippen molar-refractivity contribution in [2.45, 2.75) is 18.6 Å². The first kappa shape index (κ1) is 15.3. The number of hydrogen-bond acceptors (Lipinski definition) is 4. The van der Waals surface area contributed by atoms with E-state index in [1.54, 1.807) is 6.92 Å². The van der Waals surface area contributed by atoms with Gasteiger partial charge in [-0.15, -0.1) is 0 Å². The molecule has 1 aromatic carbocycles. The van der Waals surface area contributed by atoms with Crippen LogP contribution in [0.15, 0.2) is 52.0 Å². The number of sulfonamides is 1. The lowest BCUT2D eigenvalue weighted by Gasteiger charge is -2.18. The van der Waals surface area contributed by atoms with Gasteiger partial charge in [0.05, 0.1) is 0 Å². The van der Waals surface area contributed by atoms with E-state index >= 15 is 0 Å². The number of benzene rings is 1. The lowest BCUT2D eigenvalue weighted by molar-refractivity contribution is 0.0656. The first-order chi connectivity index (χ1) is 9.95. The molecule has 0 aliphatic rings. The number of nitrogens with zero attached hydrogens (tertiary/aromatic N) is 1. The van der Waals surface area contributed by atoms with Crippen molar-refractivity contribution in [1.82, 2.24) is 4.31 Å². The molecule has 0 radical (unpaired) electrons. The number of furan rings is 1. The zero-order valence-electron chi connectivity index (χ0n) is 11.4. The quantitative estimate of drug-likeness (QED) is 0.883. The molecule has 112 valence electrons. The molecule has 2 aromatic rings. The van der Waals surface area contributed by atoms with Gasteiger partial charge in [0.25, 0.3) is 10.0 Å². The molecule has 0 aliphatic heterocycles. The van der Waals surface area contributed by atoms with Crippen molar-refractivity contribution in [2.24, 2.45) is 0 Å². The Morgan fingerprint density at radius 3 is 2.38 bits per heavy atom. The van der Waals surface area contributed by atoms with E-state index in [1.807, 2.05) is 30.3 Å². The first-order valence-corrected chi connectivity index (χ1v) is 7.76. The van der Waals surface area contributed by atoms with Crippen molar-refractivity contribution in [3.05, 3.63) is 53.8 Å². The standard InChI is InChI=1S/C14H15NO5S/c1-2-15(10-11-6-4-3-5-7-11)21(18,19)13-9-8-12(20-13)14(16)17/h3-9H,2,10H2,1H3,(H,16,17). The Balaban J connectivity index is 2.28. The largest absolute Gasteiger partial charge is 0.475 e. The lowest BCUT2D eigenvalue weighted by Crippen LogP contribution is -2.30. The molecule has 2 rings (SSSR count). The Labute approximate surface area is 122 Å². The summed E-state index contributed by atoms with van der Waals surface area (Å²) in [6.07, 6.45) is 0. The van der Waals surface area contributed by atoms with Crippen molar-refractivity contribution < 1.29 is 22.7 Å². The van der Waals surface area contributed by atoms with Crippen LogP contribution in [0.3, 0.4) is 0 Å². The fourth-order valence-electron chi connectivity index (χ4n) is 1.85. The molecule has 0 saturated heterocycles. The third-order valence-electron chi connectivity index (χ3n) is 2.94. The fourth-order valence-corrected chi connectivity index (χ4v) is 3.20. The average molecular weight is 309 g/mol. The summed E-state index contributed by atoms with van der Waals surface area (Å²) in [5.41, 5.74) is 0.841. The predicted octanol–water partition coefficient (Wildman–Crippen LogP) is 2.19. The Bertz CT molecular complexity index is 721. The summed E-state index contributed by atoms with van der Waals surface area (Å²) in [5, 5.41) is 8.43. The highest BCUT2D eigenvalue weighted by Crippen LogP contribution is 2.20. The average Bonchev–Trinajstić information content (AvgIpc) is 2.96. The highest BCUT2D eigenvalue weighted by atomic mass is 32.2. The molecule has 1 aromatic heterocycles. The van der Waals surface area contributed by atoms with Gasteiger partial charge in [-0.1, -0.05) is 37.3 Å². The summed E-state index contributed by atoms with van der Waals surface area (Å²) in [5.74, 6) is -1.70. The van der Waals surface area contributed by atoms with Crippen molar-refractivity contribution in [3.8, 4) is 0 Å². The van der Waals surface area contributed by atoms with E-state index in [0.717, 1.165) is 17.7 Å². The fraction of sp³-hybridized carbons (Fsp3) is 0.214. The van der Waals surface area contributed by atoms with E-state index in [1.165, 1.54) is 4.31 Å². The molecule has 0 saturated carbocycles. The van der Waals surface area contributed by atoms with E-state index in [0.29, 0.717) is 0 Å². The SMILES string of the molecule is CCN(Cc1ccccc1)S(=O)(=O)c1ccc(C(=O)O)o1. The van der Waals surface area contributed by atoms with E-state index in [4.69, 9.17) is 9.52 Å². The molecular formula is C14H15NO5S. The zero-order valence-corrected chi connectivity index (χ0v) is 12.2. The summed E-state index contributed by atoms with van der Waals surface area (Å²) in [4.78, 5) is 10.8. The summed E-state index contributed by atoms with van der Waals surface area (Å²) < 4.78 is 31.0. The highest BCUT2D eigenvalue weighted by Gasteiger charge is 2.27. The maximum atomic E-state index is 12.4. The second-order valence-corrected chi connectivity index (χ2v) is 6.21. The van der Waals surface area contributed by atoms with Crippen LogP contribution in [0, 0.1) is 0 Å². The normalized spacial score (nSPS) is 11.7. The van der Waals surface area contributed by atoms with Gasteiger partial charge >= 0.3 is 5.97 Å². The maximum absolute atomic E-state index is 12.4. The molecule has 0 fully saturated rings. The molecule has 0 amide bonds. The minimum atomic E-state index is -3.86. The van der Waals surface area contributed by atoms with Crippen molar-refractivity contribution >= 4 is 16.0 Å². The minimum Gasteiger partial charge on any atom is -0.475 e. The van der Waals surface area contributed by atoms with Gasteiger partial charge in [0.1, 0.15) is 0 Å². The van der Waals surface area contributed by atoms with Crippen LogP contribution in [0.1, 0.15) is 23.0 Å². The Hall–Kier alpha value is -2.12. The second kappa shape index (κ2) is 6.11. The van der Waals surface area contributed by atoms with Gasteiger partial charge in [-0.3, -0.25) is 0 Å². The molecule has 7 heteroatoms. The number of hydrogen-bond donors (Lipinski definition) is 1. The molecule has 0 bridgehead atoms. The van der Waals surface area contributed by atoms with Crippen molar-refractivity contribution in [3.63, 3.8) is 0 Å². The number of aromatic carboxylic acids is 1. The summed E-state index contributed by atoms with van der Waals surface area (Å²) in [6, 6.07) is 11.4. The molecule has 0 spiro atoms. The number of carboxylic acids is 1. The van der Waals surface area contributed by atoms with Gasteiger partial charge in [-0.2, -0.15) is 4.31 Å². The molecule has 0 aliphatic carbocycles. The molecule has 0 atom stereocenters. The van der Waals surface area contributed by atoms with Crippen LogP contribution in [-0.4, -0.2) is 30.3 Å². The molecule has 1 N–H and O–H groups in total. The van der Waals surface area contributed by atoms with E-state index in [9.17, 15) is 13.2 Å². The van der Waals surface area contributed by atoms with Crippen LogP contribution < -0.4 is 0 Å². The van der Waals surface area contributed by atoms with Crippen LogP contribution in [0.4, 0.5) is 0 Å². The maximum Gasteiger partial charge on any atom is 0.371 e. The first-order valence-electron chi connectivity index (χ1n) is 6.32. The van der Waals surface area contributed by atoms with Gasteiger partial charge in [0, 0.05) is 13.1 Å². The molecule has 1 heterocycles. The predicted molar refractivity (Wildman–Crippen MR) is 75.4 cm³/mol. The Morgan fingerprint density at radius 2 is 1.86 bits per heavy atom. The minimum absolute atomic E-state index is 0.197. The van der Waals surface area contributed by atoms with E-state index in [-0.39, 0.29) is 18.2 Å². The van der Waals surface area contributed by atoms with Crippen LogP contribution in [0.2, 0.25) is 0 Å². The highest BCUT2D eigenvalue weighted by molar-refractivity contribution is 7.89.